The van der Waals surface area contributed by atoms with Crippen molar-refractivity contribution in [2.24, 2.45) is 11.7 Å². The molecule has 3 rings (SSSR count). The Balaban J connectivity index is 1.71. The highest BCUT2D eigenvalue weighted by Gasteiger charge is 2.33. The third-order valence-corrected chi connectivity index (χ3v) is 6.85. The summed E-state index contributed by atoms with van der Waals surface area (Å²) in [5.74, 6) is -1.88. The van der Waals surface area contributed by atoms with Crippen LogP contribution in [0.2, 0.25) is 0 Å². The minimum absolute atomic E-state index is 0.00220. The summed E-state index contributed by atoms with van der Waals surface area (Å²) in [6, 6.07) is 9.40. The van der Waals surface area contributed by atoms with Gasteiger partial charge in [-0.3, -0.25) is 9.59 Å². The lowest BCUT2D eigenvalue weighted by Crippen LogP contribution is -2.43. The molecule has 2 aromatic rings. The molecule has 0 bridgehead atoms. The van der Waals surface area contributed by atoms with Crippen LogP contribution in [0.3, 0.4) is 0 Å². The molecule has 0 radical (unpaired) electrons. The Kier molecular flexibility index (Phi) is 5.99. The SMILES string of the molecule is Cc1cc(NC(=O)C2CCCN(S(=O)(=O)c3ccc(F)cc3)C2)ccc1C(N)=O. The number of primary amides is 1. The number of amides is 2. The molecule has 29 heavy (non-hydrogen) atoms. The number of carbonyl (C=O) groups is 2. The van der Waals surface area contributed by atoms with Gasteiger partial charge in [-0.25, -0.2) is 12.8 Å². The van der Waals surface area contributed by atoms with Gasteiger partial charge in [-0.05, 0) is 67.8 Å². The highest BCUT2D eigenvalue weighted by atomic mass is 32.2. The normalized spacial score (nSPS) is 17.7. The fraction of sp³-hybridized carbons (Fsp3) is 0.300. The molecule has 1 aliphatic heterocycles. The van der Waals surface area contributed by atoms with Gasteiger partial charge in [0.05, 0.1) is 10.8 Å². The minimum atomic E-state index is -3.80. The van der Waals surface area contributed by atoms with Gasteiger partial charge in [0.25, 0.3) is 0 Å². The average molecular weight is 419 g/mol. The lowest BCUT2D eigenvalue weighted by molar-refractivity contribution is -0.120. The van der Waals surface area contributed by atoms with Crippen molar-refractivity contribution < 1.29 is 22.4 Å². The summed E-state index contributed by atoms with van der Waals surface area (Å²) < 4.78 is 40.0. The summed E-state index contributed by atoms with van der Waals surface area (Å²) in [5, 5.41) is 2.78. The van der Waals surface area contributed by atoms with Crippen LogP contribution in [0, 0.1) is 18.7 Å². The fourth-order valence-corrected chi connectivity index (χ4v) is 4.92. The van der Waals surface area contributed by atoms with Crippen molar-refractivity contribution in [1.82, 2.24) is 4.31 Å². The second-order valence-electron chi connectivity index (χ2n) is 7.04. The van der Waals surface area contributed by atoms with Crippen LogP contribution in [0.5, 0.6) is 0 Å². The Morgan fingerprint density at radius 2 is 1.86 bits per heavy atom. The summed E-state index contributed by atoms with van der Waals surface area (Å²) in [6.45, 7) is 2.06. The molecule has 2 amide bonds. The van der Waals surface area contributed by atoms with Crippen molar-refractivity contribution >= 4 is 27.5 Å². The van der Waals surface area contributed by atoms with E-state index in [4.69, 9.17) is 5.73 Å². The predicted octanol–water partition coefficient (Wildman–Crippen LogP) is 2.27. The van der Waals surface area contributed by atoms with Crippen LogP contribution in [0.25, 0.3) is 0 Å². The third-order valence-electron chi connectivity index (χ3n) is 4.97. The van der Waals surface area contributed by atoms with Crippen molar-refractivity contribution in [2.45, 2.75) is 24.7 Å². The van der Waals surface area contributed by atoms with Gasteiger partial charge >= 0.3 is 0 Å². The maximum absolute atomic E-state index is 13.1. The highest BCUT2D eigenvalue weighted by Crippen LogP contribution is 2.25. The number of rotatable bonds is 5. The number of nitrogens with two attached hydrogens (primary N) is 1. The molecule has 0 spiro atoms. The van der Waals surface area contributed by atoms with E-state index < -0.39 is 27.7 Å². The summed E-state index contributed by atoms with van der Waals surface area (Å²) in [4.78, 5) is 24.0. The third kappa shape index (κ3) is 4.63. The first-order valence-electron chi connectivity index (χ1n) is 9.15. The minimum Gasteiger partial charge on any atom is -0.366 e. The van der Waals surface area contributed by atoms with Gasteiger partial charge in [-0.2, -0.15) is 4.31 Å². The molecular weight excluding hydrogens is 397 g/mol. The quantitative estimate of drug-likeness (QED) is 0.775. The number of aryl methyl sites for hydroxylation is 1. The summed E-state index contributed by atoms with van der Waals surface area (Å²) >= 11 is 0. The van der Waals surface area contributed by atoms with E-state index in [9.17, 15) is 22.4 Å². The Morgan fingerprint density at radius 3 is 2.48 bits per heavy atom. The number of nitrogens with zero attached hydrogens (tertiary/aromatic N) is 1. The zero-order chi connectivity index (χ0) is 21.2. The number of anilines is 1. The second-order valence-corrected chi connectivity index (χ2v) is 8.98. The lowest BCUT2D eigenvalue weighted by atomic mass is 9.98. The molecule has 0 aromatic heterocycles. The van der Waals surface area contributed by atoms with E-state index >= 15 is 0 Å². The Labute approximate surface area is 168 Å². The van der Waals surface area contributed by atoms with E-state index in [2.05, 4.69) is 5.32 Å². The second kappa shape index (κ2) is 8.30. The average Bonchev–Trinajstić information content (AvgIpc) is 2.68. The van der Waals surface area contributed by atoms with Gasteiger partial charge in [-0.15, -0.1) is 0 Å². The van der Waals surface area contributed by atoms with E-state index in [-0.39, 0.29) is 17.3 Å². The van der Waals surface area contributed by atoms with Crippen molar-refractivity contribution in [1.29, 1.82) is 0 Å². The Bertz CT molecular complexity index is 1040. The van der Waals surface area contributed by atoms with E-state index in [1.807, 2.05) is 0 Å². The number of carbonyl (C=O) groups excluding carboxylic acids is 2. The predicted molar refractivity (Wildman–Crippen MR) is 106 cm³/mol. The van der Waals surface area contributed by atoms with Crippen LogP contribution in [0.1, 0.15) is 28.8 Å². The molecule has 154 valence electrons. The highest BCUT2D eigenvalue weighted by molar-refractivity contribution is 7.89. The van der Waals surface area contributed by atoms with E-state index in [0.29, 0.717) is 36.2 Å². The molecule has 3 N–H and O–H groups in total. The van der Waals surface area contributed by atoms with E-state index in [0.717, 1.165) is 12.1 Å². The zero-order valence-corrected chi connectivity index (χ0v) is 16.7. The molecule has 1 aliphatic rings. The molecule has 0 saturated carbocycles. The first kappa shape index (κ1) is 20.9. The first-order valence-corrected chi connectivity index (χ1v) is 10.6. The Morgan fingerprint density at radius 1 is 1.17 bits per heavy atom. The summed E-state index contributed by atoms with van der Waals surface area (Å²) in [6.07, 6.45) is 1.10. The molecule has 9 heteroatoms. The number of benzene rings is 2. The van der Waals surface area contributed by atoms with Crippen molar-refractivity contribution in [3.8, 4) is 0 Å². The first-order chi connectivity index (χ1) is 13.7. The van der Waals surface area contributed by atoms with Gasteiger partial charge in [0.2, 0.25) is 21.8 Å². The molecule has 1 fully saturated rings. The van der Waals surface area contributed by atoms with Gasteiger partial charge in [0.15, 0.2) is 0 Å². The fourth-order valence-electron chi connectivity index (χ4n) is 3.39. The number of nitrogens with one attached hydrogen (secondary N) is 1. The van der Waals surface area contributed by atoms with Crippen molar-refractivity contribution in [3.05, 3.63) is 59.4 Å². The largest absolute Gasteiger partial charge is 0.366 e. The maximum Gasteiger partial charge on any atom is 0.248 e. The van der Waals surface area contributed by atoms with Gasteiger partial charge < -0.3 is 11.1 Å². The molecule has 0 aliphatic carbocycles. The number of sulfonamides is 1. The standard InChI is InChI=1S/C20H22FN3O4S/c1-13-11-16(6-9-18(13)19(22)25)23-20(26)14-3-2-10-24(12-14)29(27,28)17-7-4-15(21)5-8-17/h4-9,11,14H,2-3,10,12H2,1H3,(H2,22,25)(H,23,26). The van der Waals surface area contributed by atoms with Gasteiger partial charge in [-0.1, -0.05) is 0 Å². The van der Waals surface area contributed by atoms with Crippen molar-refractivity contribution in [3.63, 3.8) is 0 Å². The smallest absolute Gasteiger partial charge is 0.248 e. The summed E-state index contributed by atoms with van der Waals surface area (Å²) in [5.41, 5.74) is 6.81. The molecule has 1 unspecified atom stereocenters. The lowest BCUT2D eigenvalue weighted by Gasteiger charge is -2.31. The zero-order valence-electron chi connectivity index (χ0n) is 15.9. The molecule has 1 heterocycles. The molecule has 1 saturated heterocycles. The molecule has 1 atom stereocenters. The number of hydrogen-bond acceptors (Lipinski definition) is 4. The number of hydrogen-bond donors (Lipinski definition) is 2. The molecule has 2 aromatic carbocycles. The van der Waals surface area contributed by atoms with Crippen LogP contribution >= 0.6 is 0 Å². The monoisotopic (exact) mass is 419 g/mol. The number of piperidine rings is 1. The van der Waals surface area contributed by atoms with Crippen LogP contribution in [-0.4, -0.2) is 37.6 Å². The van der Waals surface area contributed by atoms with E-state index in [1.54, 1.807) is 25.1 Å². The maximum atomic E-state index is 13.1. The van der Waals surface area contributed by atoms with Gasteiger partial charge in [0, 0.05) is 24.3 Å². The number of halogens is 1. The van der Waals surface area contributed by atoms with E-state index in [1.165, 1.54) is 16.4 Å². The van der Waals surface area contributed by atoms with Gasteiger partial charge in [0.1, 0.15) is 5.82 Å². The Hall–Kier alpha value is -2.78. The van der Waals surface area contributed by atoms with Crippen LogP contribution in [-0.2, 0) is 14.8 Å². The van der Waals surface area contributed by atoms with Crippen LogP contribution in [0.15, 0.2) is 47.4 Å². The molecular formula is C20H22FN3O4S. The topological polar surface area (TPSA) is 110 Å². The molecule has 7 nitrogen and oxygen atoms in total. The van der Waals surface area contributed by atoms with Crippen LogP contribution < -0.4 is 11.1 Å². The van der Waals surface area contributed by atoms with Crippen LogP contribution in [0.4, 0.5) is 10.1 Å². The van der Waals surface area contributed by atoms with Crippen molar-refractivity contribution in [2.75, 3.05) is 18.4 Å². The summed E-state index contributed by atoms with van der Waals surface area (Å²) in [7, 11) is -3.80.